The van der Waals surface area contributed by atoms with Crippen LogP contribution in [0.4, 0.5) is 0 Å². The van der Waals surface area contributed by atoms with Crippen molar-refractivity contribution in [2.75, 3.05) is 7.11 Å². The lowest BCUT2D eigenvalue weighted by Crippen LogP contribution is -2.22. The molecule has 0 bridgehead atoms. The van der Waals surface area contributed by atoms with Crippen molar-refractivity contribution in [3.63, 3.8) is 0 Å². The minimum absolute atomic E-state index is 0.181. The largest absolute Gasteiger partial charge is 0.497 e. The van der Waals surface area contributed by atoms with Crippen molar-refractivity contribution in [1.82, 2.24) is 14.9 Å². The highest BCUT2D eigenvalue weighted by molar-refractivity contribution is 7.91. The Labute approximate surface area is 167 Å². The van der Waals surface area contributed by atoms with Crippen LogP contribution in [0, 0.1) is 0 Å². The van der Waals surface area contributed by atoms with Crippen molar-refractivity contribution in [2.24, 2.45) is 0 Å². The number of sulfonamides is 1. The first kappa shape index (κ1) is 19.1. The number of thiophene rings is 1. The molecular formula is C19H21N3O4S2. The van der Waals surface area contributed by atoms with Crippen LogP contribution in [-0.2, 0) is 16.6 Å². The van der Waals surface area contributed by atoms with Crippen LogP contribution in [0.1, 0.15) is 43.1 Å². The lowest BCUT2D eigenvalue weighted by atomic mass is 10.1. The summed E-state index contributed by atoms with van der Waals surface area (Å²) < 4.78 is 38.6. The second-order valence-electron chi connectivity index (χ2n) is 6.77. The standard InChI is InChI=1S/C19H21N3O4S2/c1-25-16-8-4-5-13(9-16)11-20-28(23,24)17-10-15(12-27-17)18-21-19(26-22-18)14-6-2-3-7-14/h4-5,8-10,12,14,20H,2-3,6-7,11H2,1H3. The number of hydrogen-bond acceptors (Lipinski definition) is 7. The summed E-state index contributed by atoms with van der Waals surface area (Å²) in [5.74, 6) is 2.10. The molecule has 1 saturated carbocycles. The third kappa shape index (κ3) is 4.11. The molecule has 28 heavy (non-hydrogen) atoms. The molecule has 4 rings (SSSR count). The van der Waals surface area contributed by atoms with E-state index in [1.165, 1.54) is 12.8 Å². The zero-order valence-electron chi connectivity index (χ0n) is 15.4. The molecule has 3 aromatic rings. The highest BCUT2D eigenvalue weighted by atomic mass is 32.2. The second-order valence-corrected chi connectivity index (χ2v) is 9.67. The highest BCUT2D eigenvalue weighted by Gasteiger charge is 2.24. The van der Waals surface area contributed by atoms with Gasteiger partial charge in [-0.1, -0.05) is 30.1 Å². The number of hydrogen-bond donors (Lipinski definition) is 1. The molecule has 9 heteroatoms. The van der Waals surface area contributed by atoms with Gasteiger partial charge in [-0.15, -0.1) is 11.3 Å². The molecule has 1 fully saturated rings. The van der Waals surface area contributed by atoms with Gasteiger partial charge in [-0.05, 0) is 36.6 Å². The first-order valence-electron chi connectivity index (χ1n) is 9.10. The van der Waals surface area contributed by atoms with Gasteiger partial charge in [-0.2, -0.15) is 4.98 Å². The number of nitrogens with zero attached hydrogens (tertiary/aromatic N) is 2. The molecule has 148 valence electrons. The van der Waals surface area contributed by atoms with Crippen molar-refractivity contribution in [1.29, 1.82) is 0 Å². The van der Waals surface area contributed by atoms with E-state index in [2.05, 4.69) is 14.9 Å². The summed E-state index contributed by atoms with van der Waals surface area (Å²) in [6, 6.07) is 8.86. The Hall–Kier alpha value is -2.23. The van der Waals surface area contributed by atoms with E-state index in [0.29, 0.717) is 28.9 Å². The summed E-state index contributed by atoms with van der Waals surface area (Å²) in [7, 11) is -2.06. The maximum atomic E-state index is 12.6. The maximum Gasteiger partial charge on any atom is 0.250 e. The number of methoxy groups -OCH3 is 1. The predicted octanol–water partition coefficient (Wildman–Crippen LogP) is 3.94. The molecule has 7 nitrogen and oxygen atoms in total. The number of rotatable bonds is 7. The summed E-state index contributed by atoms with van der Waals surface area (Å²) in [5, 5.41) is 5.77. The van der Waals surface area contributed by atoms with Gasteiger partial charge < -0.3 is 9.26 Å². The molecule has 2 heterocycles. The molecule has 0 aliphatic heterocycles. The van der Waals surface area contributed by atoms with Crippen molar-refractivity contribution in [3.05, 3.63) is 47.2 Å². The van der Waals surface area contributed by atoms with E-state index < -0.39 is 10.0 Å². The number of ether oxygens (including phenoxy) is 1. The molecule has 2 aromatic heterocycles. The molecule has 0 atom stereocenters. The predicted molar refractivity (Wildman–Crippen MR) is 106 cm³/mol. The van der Waals surface area contributed by atoms with Gasteiger partial charge >= 0.3 is 0 Å². The quantitative estimate of drug-likeness (QED) is 0.623. The van der Waals surface area contributed by atoms with Crippen molar-refractivity contribution >= 4 is 21.4 Å². The normalized spacial score (nSPS) is 15.2. The van der Waals surface area contributed by atoms with Crippen LogP contribution >= 0.6 is 11.3 Å². The third-order valence-electron chi connectivity index (χ3n) is 4.85. The summed E-state index contributed by atoms with van der Waals surface area (Å²) in [6.45, 7) is 0.181. The summed E-state index contributed by atoms with van der Waals surface area (Å²) in [4.78, 5) is 4.47. The van der Waals surface area contributed by atoms with E-state index in [1.54, 1.807) is 24.6 Å². The maximum absolute atomic E-state index is 12.6. The zero-order valence-corrected chi connectivity index (χ0v) is 17.1. The van der Waals surface area contributed by atoms with Crippen LogP contribution < -0.4 is 9.46 Å². The van der Waals surface area contributed by atoms with E-state index in [1.807, 2.05) is 18.2 Å². The van der Waals surface area contributed by atoms with Gasteiger partial charge in [0.05, 0.1) is 7.11 Å². The van der Waals surface area contributed by atoms with Gasteiger partial charge in [0.15, 0.2) is 0 Å². The van der Waals surface area contributed by atoms with Gasteiger partial charge in [0.25, 0.3) is 0 Å². The number of nitrogens with one attached hydrogen (secondary N) is 1. The summed E-state index contributed by atoms with van der Waals surface area (Å²) in [6.07, 6.45) is 4.50. The average molecular weight is 420 g/mol. The van der Waals surface area contributed by atoms with Crippen LogP contribution in [0.5, 0.6) is 5.75 Å². The fourth-order valence-electron chi connectivity index (χ4n) is 3.30. The smallest absolute Gasteiger partial charge is 0.250 e. The van der Waals surface area contributed by atoms with Gasteiger partial charge in [-0.25, -0.2) is 13.1 Å². The summed E-state index contributed by atoms with van der Waals surface area (Å²) in [5.41, 5.74) is 1.47. The fourth-order valence-corrected chi connectivity index (χ4v) is 5.52. The van der Waals surface area contributed by atoms with E-state index in [0.717, 1.165) is 29.7 Å². The molecule has 0 amide bonds. The SMILES string of the molecule is COc1cccc(CNS(=O)(=O)c2cc(-c3noc(C4CCCC4)n3)cs2)c1. The molecule has 1 aliphatic carbocycles. The molecule has 1 aromatic carbocycles. The van der Waals surface area contributed by atoms with E-state index in [9.17, 15) is 8.42 Å². The topological polar surface area (TPSA) is 94.3 Å². The van der Waals surface area contributed by atoms with E-state index >= 15 is 0 Å². The molecule has 0 radical (unpaired) electrons. The molecular weight excluding hydrogens is 398 g/mol. The Morgan fingerprint density at radius 3 is 2.89 bits per heavy atom. The van der Waals surface area contributed by atoms with Gasteiger partial charge in [-0.3, -0.25) is 0 Å². The average Bonchev–Trinajstić information content (AvgIpc) is 3.46. The number of benzene rings is 1. The Bertz CT molecular complexity index is 1050. The molecule has 0 unspecified atom stereocenters. The van der Waals surface area contributed by atoms with Crippen LogP contribution in [-0.4, -0.2) is 25.7 Å². The van der Waals surface area contributed by atoms with Crippen molar-refractivity contribution in [2.45, 2.75) is 42.4 Å². The van der Waals surface area contributed by atoms with Crippen LogP contribution in [0.25, 0.3) is 11.4 Å². The third-order valence-corrected chi connectivity index (χ3v) is 7.69. The lowest BCUT2D eigenvalue weighted by molar-refractivity contribution is 0.354. The Morgan fingerprint density at radius 2 is 2.11 bits per heavy atom. The summed E-state index contributed by atoms with van der Waals surface area (Å²) >= 11 is 1.14. The van der Waals surface area contributed by atoms with Crippen molar-refractivity contribution < 1.29 is 17.7 Å². The van der Waals surface area contributed by atoms with Crippen LogP contribution in [0.15, 0.2) is 44.4 Å². The zero-order chi connectivity index (χ0) is 19.6. The highest BCUT2D eigenvalue weighted by Crippen LogP contribution is 2.34. The first-order chi connectivity index (χ1) is 13.5. The first-order valence-corrected chi connectivity index (χ1v) is 11.5. The van der Waals surface area contributed by atoms with Crippen LogP contribution in [0.3, 0.4) is 0 Å². The molecule has 1 N–H and O–H groups in total. The van der Waals surface area contributed by atoms with Gasteiger partial charge in [0.2, 0.25) is 21.7 Å². The Morgan fingerprint density at radius 1 is 1.29 bits per heavy atom. The number of aromatic nitrogens is 2. The Balaban J connectivity index is 1.46. The molecule has 0 spiro atoms. The Kier molecular flexibility index (Phi) is 5.47. The van der Waals surface area contributed by atoms with E-state index in [-0.39, 0.29) is 10.8 Å². The monoisotopic (exact) mass is 419 g/mol. The van der Waals surface area contributed by atoms with Gasteiger partial charge in [0.1, 0.15) is 9.96 Å². The van der Waals surface area contributed by atoms with Gasteiger partial charge in [0, 0.05) is 23.4 Å². The lowest BCUT2D eigenvalue weighted by Gasteiger charge is -2.06. The minimum atomic E-state index is -3.63. The fraction of sp³-hybridized carbons (Fsp3) is 0.368. The molecule has 1 aliphatic rings. The minimum Gasteiger partial charge on any atom is -0.497 e. The van der Waals surface area contributed by atoms with E-state index in [4.69, 9.17) is 9.26 Å². The second kappa shape index (κ2) is 8.02. The molecule has 0 saturated heterocycles. The van der Waals surface area contributed by atoms with Crippen LogP contribution in [0.2, 0.25) is 0 Å². The van der Waals surface area contributed by atoms with Crippen molar-refractivity contribution in [3.8, 4) is 17.1 Å².